The number of benzene rings is 3. The lowest BCUT2D eigenvalue weighted by Gasteiger charge is -2.26. The van der Waals surface area contributed by atoms with Crippen LogP contribution in [-0.2, 0) is 23.2 Å². The number of nitrogens with zero attached hydrogens (tertiary/aromatic N) is 2. The predicted molar refractivity (Wildman–Crippen MR) is 131 cm³/mol. The van der Waals surface area contributed by atoms with E-state index < -0.39 is 10.0 Å². The van der Waals surface area contributed by atoms with Gasteiger partial charge in [0.2, 0.25) is 0 Å². The molecule has 0 radical (unpaired) electrons. The van der Waals surface area contributed by atoms with Crippen LogP contribution in [0.1, 0.15) is 41.0 Å². The molecule has 0 unspecified atom stereocenters. The van der Waals surface area contributed by atoms with Gasteiger partial charge in [-0.15, -0.1) is 0 Å². The van der Waals surface area contributed by atoms with Gasteiger partial charge in [-0.2, -0.15) is 0 Å². The number of hydrogen-bond donors (Lipinski definition) is 1. The molecule has 1 heterocycles. The maximum atomic E-state index is 13.8. The second-order valence-corrected chi connectivity index (χ2v) is 10.5. The summed E-state index contributed by atoms with van der Waals surface area (Å²) in [4.78, 5) is 4.76. The van der Waals surface area contributed by atoms with Crippen LogP contribution in [0, 0.1) is 6.92 Å². The average Bonchev–Trinajstić information content (AvgIpc) is 3.69. The molecule has 0 bridgehead atoms. The minimum absolute atomic E-state index is 0.136. The number of aromatic nitrogens is 1. The normalized spacial score (nSPS) is 13.9. The third kappa shape index (κ3) is 4.24. The van der Waals surface area contributed by atoms with Crippen LogP contribution in [0.3, 0.4) is 0 Å². The summed E-state index contributed by atoms with van der Waals surface area (Å²) < 4.78 is 29.1. The average molecular weight is 459 g/mol. The molecule has 5 nitrogen and oxygen atoms in total. The summed E-state index contributed by atoms with van der Waals surface area (Å²) in [6.45, 7) is 1.96. The lowest BCUT2D eigenvalue weighted by Crippen LogP contribution is -2.32. The molecule has 0 saturated heterocycles. The van der Waals surface area contributed by atoms with Gasteiger partial charge in [-0.25, -0.2) is 17.7 Å². The number of aliphatic hydroxyl groups excluding tert-OH is 1. The molecule has 1 aliphatic rings. The third-order valence-corrected chi connectivity index (χ3v) is 8.06. The first-order chi connectivity index (χ1) is 16.0. The smallest absolute Gasteiger partial charge is 0.265 e. The van der Waals surface area contributed by atoms with Gasteiger partial charge in [-0.05, 0) is 59.9 Å². The largest absolute Gasteiger partial charge is 0.392 e. The standard InChI is InChI=1S/C27H26N2O3S/c1-19-26-5-3-2-4-24(26)16-28-27(19)29(17-20-6-10-22(11-7-20)23-12-13-23)33(31,32)25-14-8-21(18-30)9-15-25/h2-11,14-16,23,30H,12-13,17-18H2,1H3. The molecule has 0 atom stereocenters. The molecule has 0 amide bonds. The van der Waals surface area contributed by atoms with Crippen molar-refractivity contribution in [2.75, 3.05) is 4.31 Å². The Kier molecular flexibility index (Phi) is 5.64. The molecule has 1 fully saturated rings. The number of pyridine rings is 1. The van der Waals surface area contributed by atoms with Gasteiger partial charge in [0, 0.05) is 17.1 Å². The van der Waals surface area contributed by atoms with Crippen molar-refractivity contribution in [3.8, 4) is 0 Å². The van der Waals surface area contributed by atoms with Crippen molar-refractivity contribution in [3.05, 3.63) is 101 Å². The van der Waals surface area contributed by atoms with Crippen LogP contribution in [-0.4, -0.2) is 18.5 Å². The van der Waals surface area contributed by atoms with E-state index in [1.165, 1.54) is 22.7 Å². The number of aliphatic hydroxyl groups is 1. The zero-order valence-electron chi connectivity index (χ0n) is 18.5. The number of anilines is 1. The molecule has 168 valence electrons. The lowest BCUT2D eigenvalue weighted by molar-refractivity contribution is 0.282. The predicted octanol–water partition coefficient (Wildman–Crippen LogP) is 5.31. The first kappa shape index (κ1) is 21.6. The highest BCUT2D eigenvalue weighted by molar-refractivity contribution is 7.92. The van der Waals surface area contributed by atoms with Crippen molar-refractivity contribution >= 4 is 26.6 Å². The number of rotatable bonds is 7. The first-order valence-corrected chi connectivity index (χ1v) is 12.6. The van der Waals surface area contributed by atoms with Gasteiger partial charge in [-0.1, -0.05) is 60.7 Å². The molecule has 0 spiro atoms. The summed E-state index contributed by atoms with van der Waals surface area (Å²) in [5, 5.41) is 11.3. The number of fused-ring (bicyclic) bond motifs is 1. The highest BCUT2D eigenvalue weighted by Gasteiger charge is 2.29. The van der Waals surface area contributed by atoms with Crippen molar-refractivity contribution in [2.45, 2.75) is 43.7 Å². The highest BCUT2D eigenvalue weighted by atomic mass is 32.2. The van der Waals surface area contributed by atoms with Crippen LogP contribution in [0.2, 0.25) is 0 Å². The topological polar surface area (TPSA) is 70.5 Å². The zero-order chi connectivity index (χ0) is 23.0. The van der Waals surface area contributed by atoms with Crippen molar-refractivity contribution in [1.82, 2.24) is 4.98 Å². The van der Waals surface area contributed by atoms with E-state index in [0.717, 1.165) is 21.9 Å². The Balaban J connectivity index is 1.60. The van der Waals surface area contributed by atoms with E-state index in [-0.39, 0.29) is 18.0 Å². The van der Waals surface area contributed by atoms with Crippen molar-refractivity contribution in [3.63, 3.8) is 0 Å². The minimum atomic E-state index is -3.89. The maximum Gasteiger partial charge on any atom is 0.265 e. The van der Waals surface area contributed by atoms with Gasteiger partial charge in [0.15, 0.2) is 0 Å². The van der Waals surface area contributed by atoms with Crippen LogP contribution in [0.25, 0.3) is 10.8 Å². The molecule has 0 aliphatic heterocycles. The zero-order valence-corrected chi connectivity index (χ0v) is 19.3. The lowest BCUT2D eigenvalue weighted by atomic mass is 10.1. The summed E-state index contributed by atoms with van der Waals surface area (Å²) in [6, 6.07) is 22.5. The van der Waals surface area contributed by atoms with E-state index in [4.69, 9.17) is 0 Å². The fraction of sp³-hybridized carbons (Fsp3) is 0.222. The Bertz CT molecular complexity index is 1390. The van der Waals surface area contributed by atoms with Crippen LogP contribution in [0.4, 0.5) is 5.82 Å². The van der Waals surface area contributed by atoms with Crippen LogP contribution in [0.5, 0.6) is 0 Å². The van der Waals surface area contributed by atoms with Gasteiger partial charge in [0.1, 0.15) is 5.82 Å². The van der Waals surface area contributed by atoms with E-state index in [2.05, 4.69) is 17.1 Å². The minimum Gasteiger partial charge on any atom is -0.392 e. The van der Waals surface area contributed by atoms with E-state index in [0.29, 0.717) is 17.3 Å². The highest BCUT2D eigenvalue weighted by Crippen LogP contribution is 2.40. The summed E-state index contributed by atoms with van der Waals surface area (Å²) in [5.74, 6) is 1.07. The van der Waals surface area contributed by atoms with E-state index in [1.54, 1.807) is 30.5 Å². The first-order valence-electron chi connectivity index (χ1n) is 11.1. The van der Waals surface area contributed by atoms with E-state index in [9.17, 15) is 13.5 Å². The van der Waals surface area contributed by atoms with E-state index in [1.807, 2.05) is 43.3 Å². The SMILES string of the molecule is Cc1c(N(Cc2ccc(C3CC3)cc2)S(=O)(=O)c2ccc(CO)cc2)ncc2ccccc12. The third-order valence-electron chi connectivity index (χ3n) is 6.31. The quantitative estimate of drug-likeness (QED) is 0.408. The van der Waals surface area contributed by atoms with Crippen molar-refractivity contribution in [2.24, 2.45) is 0 Å². The molecule has 1 aromatic heterocycles. The fourth-order valence-electron chi connectivity index (χ4n) is 4.20. The molecule has 5 rings (SSSR count). The maximum absolute atomic E-state index is 13.8. The van der Waals surface area contributed by atoms with E-state index >= 15 is 0 Å². The molecule has 3 aromatic carbocycles. The molecule has 6 heteroatoms. The Labute approximate surface area is 194 Å². The van der Waals surface area contributed by atoms with Gasteiger partial charge < -0.3 is 5.11 Å². The molecular weight excluding hydrogens is 432 g/mol. The summed E-state index contributed by atoms with van der Waals surface area (Å²) in [5.41, 5.74) is 3.70. The van der Waals surface area contributed by atoms with Crippen LogP contribution < -0.4 is 4.31 Å². The molecule has 33 heavy (non-hydrogen) atoms. The molecular formula is C27H26N2O3S. The van der Waals surface area contributed by atoms with Crippen molar-refractivity contribution in [1.29, 1.82) is 0 Å². The Morgan fingerprint density at radius 3 is 2.27 bits per heavy atom. The van der Waals surface area contributed by atoms with Crippen LogP contribution >= 0.6 is 0 Å². The Morgan fingerprint density at radius 1 is 0.939 bits per heavy atom. The second kappa shape index (κ2) is 8.61. The summed E-state index contributed by atoms with van der Waals surface area (Å²) in [6.07, 6.45) is 4.18. The summed E-state index contributed by atoms with van der Waals surface area (Å²) in [7, 11) is -3.89. The van der Waals surface area contributed by atoms with Gasteiger partial charge in [0.05, 0.1) is 18.0 Å². The second-order valence-electron chi connectivity index (χ2n) is 8.62. The number of hydrogen-bond acceptors (Lipinski definition) is 4. The molecule has 1 aliphatic carbocycles. The fourth-order valence-corrected chi connectivity index (χ4v) is 5.66. The Hall–Kier alpha value is -3.22. The Morgan fingerprint density at radius 2 is 1.61 bits per heavy atom. The van der Waals surface area contributed by atoms with Gasteiger partial charge in [0.25, 0.3) is 10.0 Å². The van der Waals surface area contributed by atoms with Gasteiger partial charge in [-0.3, -0.25) is 0 Å². The number of sulfonamides is 1. The number of aryl methyl sites for hydroxylation is 1. The molecule has 1 saturated carbocycles. The molecule has 1 N–H and O–H groups in total. The van der Waals surface area contributed by atoms with Crippen LogP contribution in [0.15, 0.2) is 83.9 Å². The van der Waals surface area contributed by atoms with Crippen molar-refractivity contribution < 1.29 is 13.5 Å². The summed E-state index contributed by atoms with van der Waals surface area (Å²) >= 11 is 0. The monoisotopic (exact) mass is 458 g/mol. The van der Waals surface area contributed by atoms with Gasteiger partial charge >= 0.3 is 0 Å². The molecule has 4 aromatic rings.